The molecule has 5 nitrogen and oxygen atoms in total. The first-order valence-electron chi connectivity index (χ1n) is 6.50. The fraction of sp³-hybridized carbons (Fsp3) is 0.133. The number of aromatic nitrogens is 1. The Hall–Kier alpha value is -2.11. The highest BCUT2D eigenvalue weighted by molar-refractivity contribution is 6.42. The topological polar surface area (TPSA) is 71.1 Å². The van der Waals surface area contributed by atoms with Gasteiger partial charge in [-0.15, -0.1) is 0 Å². The molecule has 0 aliphatic rings. The zero-order valence-corrected chi connectivity index (χ0v) is 13.0. The number of hydrogen-bond acceptors (Lipinski definition) is 3. The molecule has 0 unspecified atom stereocenters. The summed E-state index contributed by atoms with van der Waals surface area (Å²) in [5, 5.41) is 5.66. The highest BCUT2D eigenvalue weighted by atomic mass is 35.5. The fourth-order valence-corrected chi connectivity index (χ4v) is 2.16. The quantitative estimate of drug-likeness (QED) is 0.842. The first kappa shape index (κ1) is 16.3. The van der Waals surface area contributed by atoms with Crippen LogP contribution in [0, 0.1) is 0 Å². The molecule has 0 radical (unpaired) electrons. The molecule has 0 saturated heterocycles. The first-order chi connectivity index (χ1) is 10.6. The van der Waals surface area contributed by atoms with E-state index in [4.69, 9.17) is 23.2 Å². The minimum atomic E-state index is -0.787. The van der Waals surface area contributed by atoms with E-state index >= 15 is 0 Å². The van der Waals surface area contributed by atoms with E-state index in [1.807, 2.05) is 18.2 Å². The zero-order valence-electron chi connectivity index (χ0n) is 11.5. The van der Waals surface area contributed by atoms with Crippen LogP contribution in [-0.4, -0.2) is 23.3 Å². The maximum Gasteiger partial charge on any atom is 0.313 e. The molecule has 2 rings (SSSR count). The summed E-state index contributed by atoms with van der Waals surface area (Å²) in [5.41, 5.74) is 1.17. The SMILES string of the molecule is O=C(NCCc1ccccn1)C(=O)Nc1ccc(Cl)cc1Cl. The molecule has 0 saturated carbocycles. The summed E-state index contributed by atoms with van der Waals surface area (Å²) in [6, 6.07) is 10.1. The lowest BCUT2D eigenvalue weighted by Gasteiger charge is -2.08. The van der Waals surface area contributed by atoms with Gasteiger partial charge in [-0.25, -0.2) is 0 Å². The van der Waals surface area contributed by atoms with Crippen molar-refractivity contribution in [2.45, 2.75) is 6.42 Å². The second kappa shape index (κ2) is 7.77. The number of benzene rings is 1. The van der Waals surface area contributed by atoms with Gasteiger partial charge in [-0.05, 0) is 30.3 Å². The van der Waals surface area contributed by atoms with Gasteiger partial charge in [0.1, 0.15) is 0 Å². The molecule has 1 heterocycles. The van der Waals surface area contributed by atoms with Crippen molar-refractivity contribution in [1.29, 1.82) is 0 Å². The van der Waals surface area contributed by atoms with Gasteiger partial charge in [-0.1, -0.05) is 29.3 Å². The van der Waals surface area contributed by atoms with Gasteiger partial charge in [0, 0.05) is 29.9 Å². The molecule has 0 bridgehead atoms. The number of amides is 2. The molecular weight excluding hydrogens is 325 g/mol. The van der Waals surface area contributed by atoms with Crippen molar-refractivity contribution in [3.05, 3.63) is 58.3 Å². The summed E-state index contributed by atoms with van der Waals surface area (Å²) >= 11 is 11.7. The number of nitrogens with zero attached hydrogens (tertiary/aromatic N) is 1. The largest absolute Gasteiger partial charge is 0.347 e. The predicted molar refractivity (Wildman–Crippen MR) is 86.0 cm³/mol. The van der Waals surface area contributed by atoms with Crippen LogP contribution in [-0.2, 0) is 16.0 Å². The predicted octanol–water partition coefficient (Wildman–Crippen LogP) is 2.69. The lowest BCUT2D eigenvalue weighted by molar-refractivity contribution is -0.136. The van der Waals surface area contributed by atoms with E-state index in [0.717, 1.165) is 5.69 Å². The highest BCUT2D eigenvalue weighted by Gasteiger charge is 2.14. The Labute approximate surface area is 137 Å². The van der Waals surface area contributed by atoms with Gasteiger partial charge in [-0.3, -0.25) is 14.6 Å². The molecular formula is C15H13Cl2N3O2. The van der Waals surface area contributed by atoms with Crippen molar-refractivity contribution in [3.63, 3.8) is 0 Å². The van der Waals surface area contributed by atoms with Crippen molar-refractivity contribution in [2.24, 2.45) is 0 Å². The zero-order chi connectivity index (χ0) is 15.9. The van der Waals surface area contributed by atoms with Gasteiger partial charge in [-0.2, -0.15) is 0 Å². The molecule has 0 fully saturated rings. The van der Waals surface area contributed by atoms with Gasteiger partial charge in [0.15, 0.2) is 0 Å². The number of rotatable bonds is 4. The third kappa shape index (κ3) is 4.72. The molecule has 22 heavy (non-hydrogen) atoms. The summed E-state index contributed by atoms with van der Waals surface area (Å²) in [6.45, 7) is 0.317. The van der Waals surface area contributed by atoms with Crippen LogP contribution < -0.4 is 10.6 Å². The van der Waals surface area contributed by atoms with E-state index < -0.39 is 11.8 Å². The van der Waals surface area contributed by atoms with Crippen LogP contribution in [0.3, 0.4) is 0 Å². The van der Waals surface area contributed by atoms with Crippen LogP contribution in [0.15, 0.2) is 42.6 Å². The van der Waals surface area contributed by atoms with Gasteiger partial charge in [0.25, 0.3) is 0 Å². The second-order valence-corrected chi connectivity index (χ2v) is 5.25. The Balaban J connectivity index is 1.83. The number of halogens is 2. The number of carbonyl (C=O) groups is 2. The minimum Gasteiger partial charge on any atom is -0.347 e. The van der Waals surface area contributed by atoms with Gasteiger partial charge in [0.2, 0.25) is 0 Å². The van der Waals surface area contributed by atoms with E-state index in [1.165, 1.54) is 12.1 Å². The monoisotopic (exact) mass is 337 g/mol. The summed E-state index contributed by atoms with van der Waals surface area (Å²) in [7, 11) is 0. The van der Waals surface area contributed by atoms with Crippen LogP contribution in [0.1, 0.15) is 5.69 Å². The number of anilines is 1. The minimum absolute atomic E-state index is 0.266. The Morgan fingerprint density at radius 1 is 1.09 bits per heavy atom. The molecule has 1 aromatic heterocycles. The number of carbonyl (C=O) groups excluding carboxylic acids is 2. The Morgan fingerprint density at radius 2 is 1.91 bits per heavy atom. The molecule has 2 N–H and O–H groups in total. The van der Waals surface area contributed by atoms with Crippen molar-refractivity contribution >= 4 is 40.7 Å². The van der Waals surface area contributed by atoms with Gasteiger partial charge < -0.3 is 10.6 Å². The van der Waals surface area contributed by atoms with E-state index in [1.54, 1.807) is 12.3 Å². The summed E-state index contributed by atoms with van der Waals surface area (Å²) in [4.78, 5) is 27.6. The molecule has 0 aliphatic heterocycles. The molecule has 114 valence electrons. The van der Waals surface area contributed by atoms with Crippen LogP contribution in [0.25, 0.3) is 0 Å². The van der Waals surface area contributed by atoms with E-state index in [0.29, 0.717) is 23.7 Å². The second-order valence-electron chi connectivity index (χ2n) is 4.41. The first-order valence-corrected chi connectivity index (χ1v) is 7.26. The van der Waals surface area contributed by atoms with Crippen molar-refractivity contribution in [3.8, 4) is 0 Å². The standard InChI is InChI=1S/C15H13Cl2N3O2/c16-10-4-5-13(12(17)9-10)20-15(22)14(21)19-8-6-11-3-1-2-7-18-11/h1-5,7,9H,6,8H2,(H,19,21)(H,20,22). The third-order valence-electron chi connectivity index (χ3n) is 2.78. The summed E-state index contributed by atoms with van der Waals surface area (Å²) in [5.74, 6) is -1.52. The Morgan fingerprint density at radius 3 is 2.59 bits per heavy atom. The molecule has 0 atom stereocenters. The van der Waals surface area contributed by atoms with Gasteiger partial charge >= 0.3 is 11.8 Å². The number of hydrogen-bond donors (Lipinski definition) is 2. The Kier molecular flexibility index (Phi) is 5.75. The van der Waals surface area contributed by atoms with E-state index in [-0.39, 0.29) is 5.02 Å². The van der Waals surface area contributed by atoms with Crippen molar-refractivity contribution < 1.29 is 9.59 Å². The average Bonchev–Trinajstić information content (AvgIpc) is 2.51. The van der Waals surface area contributed by atoms with Crippen LogP contribution in [0.4, 0.5) is 5.69 Å². The molecule has 0 spiro atoms. The normalized spacial score (nSPS) is 10.1. The molecule has 0 aliphatic carbocycles. The maximum atomic E-state index is 11.8. The average molecular weight is 338 g/mol. The van der Waals surface area contributed by atoms with Crippen molar-refractivity contribution in [1.82, 2.24) is 10.3 Å². The van der Waals surface area contributed by atoms with Crippen LogP contribution >= 0.6 is 23.2 Å². The fourth-order valence-electron chi connectivity index (χ4n) is 1.70. The number of nitrogens with one attached hydrogen (secondary N) is 2. The molecule has 7 heteroatoms. The van der Waals surface area contributed by atoms with Crippen molar-refractivity contribution in [2.75, 3.05) is 11.9 Å². The lowest BCUT2D eigenvalue weighted by Crippen LogP contribution is -2.36. The number of pyridine rings is 1. The summed E-state index contributed by atoms with van der Waals surface area (Å²) in [6.07, 6.45) is 2.22. The third-order valence-corrected chi connectivity index (χ3v) is 3.33. The smallest absolute Gasteiger partial charge is 0.313 e. The van der Waals surface area contributed by atoms with E-state index in [9.17, 15) is 9.59 Å². The van der Waals surface area contributed by atoms with Crippen LogP contribution in [0.2, 0.25) is 10.0 Å². The highest BCUT2D eigenvalue weighted by Crippen LogP contribution is 2.25. The van der Waals surface area contributed by atoms with Crippen LogP contribution in [0.5, 0.6) is 0 Å². The summed E-state index contributed by atoms with van der Waals surface area (Å²) < 4.78 is 0. The molecule has 2 aromatic rings. The van der Waals surface area contributed by atoms with Gasteiger partial charge in [0.05, 0.1) is 10.7 Å². The lowest BCUT2D eigenvalue weighted by atomic mass is 10.2. The Bertz CT molecular complexity index is 678. The molecule has 1 aromatic carbocycles. The van der Waals surface area contributed by atoms with E-state index in [2.05, 4.69) is 15.6 Å². The molecule has 2 amide bonds. The maximum absolute atomic E-state index is 11.8.